The van der Waals surface area contributed by atoms with E-state index in [0.717, 1.165) is 51.9 Å². The Bertz CT molecular complexity index is 825. The van der Waals surface area contributed by atoms with E-state index in [0.29, 0.717) is 13.1 Å². The van der Waals surface area contributed by atoms with E-state index in [1.807, 2.05) is 0 Å². The smallest absolute Gasteiger partial charge is 0.234 e. The van der Waals surface area contributed by atoms with Gasteiger partial charge >= 0.3 is 0 Å². The second-order valence-electron chi connectivity index (χ2n) is 9.86. The van der Waals surface area contributed by atoms with Crippen molar-refractivity contribution < 1.29 is 4.79 Å². The Morgan fingerprint density at radius 2 is 1.42 bits per heavy atom. The third-order valence-corrected chi connectivity index (χ3v) is 6.77. The van der Waals surface area contributed by atoms with E-state index in [1.54, 1.807) is 0 Å². The number of nitrogens with zero attached hydrogens (tertiary/aromatic N) is 3. The summed E-state index contributed by atoms with van der Waals surface area (Å²) in [5.41, 5.74) is 1.28. The first kappa shape index (κ1) is 27.3. The number of carbonyl (C=O) groups excluding carboxylic acids is 1. The number of fused-ring (bicyclic) bond motifs is 1. The predicted molar refractivity (Wildman–Crippen MR) is 142 cm³/mol. The molecule has 0 aromatic heterocycles. The Morgan fingerprint density at radius 3 is 2.00 bits per heavy atom. The van der Waals surface area contributed by atoms with E-state index in [-0.39, 0.29) is 11.3 Å². The zero-order valence-electron chi connectivity index (χ0n) is 21.9. The van der Waals surface area contributed by atoms with E-state index < -0.39 is 0 Å². The maximum absolute atomic E-state index is 12.9. The standard InChI is InChI=1S/C28H46N4O/c1-7-32(8-2)22-27(33)29-23-28(18-12-20-30(3)4,19-13-21-31(5)6)26-17-11-15-24-14-9-10-16-25(24)26/h9-11,14-17H,7-8,12-13,18-23H2,1-6H3,(H,29,33). The maximum Gasteiger partial charge on any atom is 0.234 e. The van der Waals surface area contributed by atoms with Crippen molar-refractivity contribution in [2.24, 2.45) is 0 Å². The van der Waals surface area contributed by atoms with Crippen LogP contribution in [0.1, 0.15) is 45.1 Å². The van der Waals surface area contributed by atoms with Crippen molar-refractivity contribution in [3.8, 4) is 0 Å². The molecule has 1 N–H and O–H groups in total. The summed E-state index contributed by atoms with van der Waals surface area (Å²) < 4.78 is 0. The molecule has 0 radical (unpaired) electrons. The number of hydrogen-bond acceptors (Lipinski definition) is 4. The number of nitrogens with one attached hydrogen (secondary N) is 1. The van der Waals surface area contributed by atoms with Gasteiger partial charge in [0.25, 0.3) is 0 Å². The number of carbonyl (C=O) groups is 1. The van der Waals surface area contributed by atoms with E-state index in [1.165, 1.54) is 16.3 Å². The molecule has 0 spiro atoms. The van der Waals surface area contributed by atoms with Crippen LogP contribution in [-0.4, -0.2) is 88.1 Å². The molecule has 184 valence electrons. The highest BCUT2D eigenvalue weighted by Gasteiger charge is 2.33. The first-order valence-corrected chi connectivity index (χ1v) is 12.6. The minimum Gasteiger partial charge on any atom is -0.354 e. The number of benzene rings is 2. The lowest BCUT2D eigenvalue weighted by Crippen LogP contribution is -2.45. The third kappa shape index (κ3) is 8.40. The third-order valence-electron chi connectivity index (χ3n) is 6.77. The van der Waals surface area contributed by atoms with Crippen LogP contribution >= 0.6 is 0 Å². The Kier molecular flexibility index (Phi) is 11.3. The topological polar surface area (TPSA) is 38.8 Å². The van der Waals surface area contributed by atoms with Crippen LogP contribution < -0.4 is 5.32 Å². The molecule has 0 aliphatic carbocycles. The first-order chi connectivity index (χ1) is 15.8. The molecule has 5 heteroatoms. The minimum atomic E-state index is -0.0915. The summed E-state index contributed by atoms with van der Waals surface area (Å²) in [6, 6.07) is 15.4. The van der Waals surface area contributed by atoms with Gasteiger partial charge in [0.2, 0.25) is 5.91 Å². The quantitative estimate of drug-likeness (QED) is 0.437. The Hall–Kier alpha value is -1.95. The lowest BCUT2D eigenvalue weighted by molar-refractivity contribution is -0.122. The molecular formula is C28H46N4O. The number of rotatable bonds is 15. The molecule has 0 aliphatic rings. The molecule has 2 rings (SSSR count). The fourth-order valence-corrected chi connectivity index (χ4v) is 4.80. The number of hydrogen-bond donors (Lipinski definition) is 1. The van der Waals surface area contributed by atoms with Gasteiger partial charge in [-0.2, -0.15) is 0 Å². The normalized spacial score (nSPS) is 12.3. The maximum atomic E-state index is 12.9. The van der Waals surface area contributed by atoms with E-state index in [4.69, 9.17) is 0 Å². The van der Waals surface area contributed by atoms with Gasteiger partial charge in [0, 0.05) is 12.0 Å². The summed E-state index contributed by atoms with van der Waals surface area (Å²) >= 11 is 0. The van der Waals surface area contributed by atoms with Crippen molar-refractivity contribution in [1.29, 1.82) is 0 Å². The van der Waals surface area contributed by atoms with Crippen LogP contribution in [0.4, 0.5) is 0 Å². The molecule has 2 aromatic carbocycles. The molecule has 0 bridgehead atoms. The van der Waals surface area contributed by atoms with Crippen molar-refractivity contribution in [2.45, 2.75) is 44.9 Å². The van der Waals surface area contributed by atoms with Crippen molar-refractivity contribution >= 4 is 16.7 Å². The molecule has 2 aromatic rings. The van der Waals surface area contributed by atoms with E-state index in [9.17, 15) is 4.79 Å². The Labute approximate surface area is 202 Å². The monoisotopic (exact) mass is 454 g/mol. The zero-order valence-corrected chi connectivity index (χ0v) is 21.9. The van der Waals surface area contributed by atoms with Crippen molar-refractivity contribution in [1.82, 2.24) is 20.0 Å². The molecule has 33 heavy (non-hydrogen) atoms. The fourth-order valence-electron chi connectivity index (χ4n) is 4.80. The summed E-state index contributed by atoms with van der Waals surface area (Å²) in [5, 5.41) is 5.94. The highest BCUT2D eigenvalue weighted by molar-refractivity contribution is 5.87. The highest BCUT2D eigenvalue weighted by Crippen LogP contribution is 2.38. The molecular weight excluding hydrogens is 408 g/mol. The molecule has 0 fully saturated rings. The molecule has 0 saturated heterocycles. The molecule has 0 atom stereocenters. The van der Waals surface area contributed by atoms with Gasteiger partial charge in [0.15, 0.2) is 0 Å². The predicted octanol–water partition coefficient (Wildman–Crippen LogP) is 4.22. The van der Waals surface area contributed by atoms with Crippen LogP contribution in [0.5, 0.6) is 0 Å². The fraction of sp³-hybridized carbons (Fsp3) is 0.607. The second kappa shape index (κ2) is 13.7. The number of likely N-dealkylation sites (N-methyl/N-ethyl adjacent to an activating group) is 1. The molecule has 0 saturated carbocycles. The van der Waals surface area contributed by atoms with E-state index in [2.05, 4.69) is 105 Å². The summed E-state index contributed by atoms with van der Waals surface area (Å²) in [4.78, 5) is 19.6. The average Bonchev–Trinajstić information content (AvgIpc) is 2.79. The van der Waals surface area contributed by atoms with Gasteiger partial charge in [-0.25, -0.2) is 0 Å². The van der Waals surface area contributed by atoms with Crippen molar-refractivity contribution in [2.75, 3.05) is 67.5 Å². The van der Waals surface area contributed by atoms with Gasteiger partial charge in [0.1, 0.15) is 0 Å². The van der Waals surface area contributed by atoms with Crippen LogP contribution in [0.25, 0.3) is 10.8 Å². The van der Waals surface area contributed by atoms with Crippen molar-refractivity contribution in [3.05, 3.63) is 48.0 Å². The summed E-state index contributed by atoms with van der Waals surface area (Å²) in [5.74, 6) is 0.128. The summed E-state index contributed by atoms with van der Waals surface area (Å²) in [6.45, 7) is 9.25. The molecule has 0 aliphatic heterocycles. The SMILES string of the molecule is CCN(CC)CC(=O)NCC(CCCN(C)C)(CCCN(C)C)c1cccc2ccccc12. The second-order valence-corrected chi connectivity index (χ2v) is 9.86. The lowest BCUT2D eigenvalue weighted by Gasteiger charge is -2.37. The van der Waals surface area contributed by atoms with Crippen LogP contribution in [0.3, 0.4) is 0 Å². The first-order valence-electron chi connectivity index (χ1n) is 12.6. The molecule has 0 heterocycles. The van der Waals surface area contributed by atoms with Gasteiger partial charge in [0.05, 0.1) is 6.54 Å². The van der Waals surface area contributed by atoms with Crippen LogP contribution in [0.15, 0.2) is 42.5 Å². The largest absolute Gasteiger partial charge is 0.354 e. The molecule has 1 amide bonds. The van der Waals surface area contributed by atoms with Crippen LogP contribution in [0.2, 0.25) is 0 Å². The zero-order chi connectivity index (χ0) is 24.3. The number of amides is 1. The summed E-state index contributed by atoms with van der Waals surface area (Å²) in [6.07, 6.45) is 4.31. The van der Waals surface area contributed by atoms with Gasteiger partial charge in [-0.3, -0.25) is 9.69 Å². The summed E-state index contributed by atoms with van der Waals surface area (Å²) in [7, 11) is 8.55. The average molecular weight is 455 g/mol. The Balaban J connectivity index is 2.41. The molecule has 5 nitrogen and oxygen atoms in total. The van der Waals surface area contributed by atoms with Gasteiger partial charge < -0.3 is 15.1 Å². The lowest BCUT2D eigenvalue weighted by atomic mass is 9.71. The van der Waals surface area contributed by atoms with Crippen LogP contribution in [0, 0.1) is 0 Å². The minimum absolute atomic E-state index is 0.0915. The Morgan fingerprint density at radius 1 is 0.848 bits per heavy atom. The van der Waals surface area contributed by atoms with Crippen LogP contribution in [-0.2, 0) is 10.2 Å². The van der Waals surface area contributed by atoms with Crippen molar-refractivity contribution in [3.63, 3.8) is 0 Å². The highest BCUT2D eigenvalue weighted by atomic mass is 16.2. The van der Waals surface area contributed by atoms with Gasteiger partial charge in [-0.1, -0.05) is 56.3 Å². The van der Waals surface area contributed by atoms with Gasteiger partial charge in [-0.15, -0.1) is 0 Å². The van der Waals surface area contributed by atoms with Gasteiger partial charge in [-0.05, 0) is 96.4 Å². The van der Waals surface area contributed by atoms with E-state index >= 15 is 0 Å². The molecule has 0 unspecified atom stereocenters.